The van der Waals surface area contributed by atoms with Crippen molar-refractivity contribution in [2.45, 2.75) is 652 Å². The molecule has 0 aliphatic heterocycles. The van der Waals surface area contributed by atoms with Crippen molar-refractivity contribution in [2.75, 3.05) is 0 Å². The molecule has 0 nitrogen and oxygen atoms in total. The third-order valence-corrected chi connectivity index (χ3v) is 0. The molecule has 0 amide bonds. The maximum atomic E-state index is 2.19. The van der Waals surface area contributed by atoms with Crippen LogP contribution in [0.2, 0.25) is 0 Å². The molecule has 0 fully saturated rings. The second-order valence-electron chi connectivity index (χ2n) is 32.1. The Morgan fingerprint density at radius 3 is 0.0874 bits per heavy atom. The van der Waals surface area contributed by atoms with Crippen LogP contribution >= 0.6 is 0 Å². The van der Waals surface area contributed by atoms with E-state index in [1.54, 1.807) is 0 Å². The average molecular weight is 1540 g/mol. The van der Waals surface area contributed by atoms with E-state index in [0.29, 0.717) is 54.1 Å². The summed E-state index contributed by atoms with van der Waals surface area (Å²) in [6.45, 7) is 148. The molecule has 0 aromatic rings. The second-order valence-corrected chi connectivity index (χ2v) is 32.1. The molecule has 0 unspecified atom stereocenters. The van der Waals surface area contributed by atoms with Crippen LogP contribution in [0.25, 0.3) is 0 Å². The van der Waals surface area contributed by atoms with Gasteiger partial charge >= 0.3 is 0 Å². The van der Waals surface area contributed by atoms with Gasteiger partial charge in [-0.2, -0.15) is 0 Å². The van der Waals surface area contributed by atoms with Gasteiger partial charge in [0.1, 0.15) is 0 Å². The van der Waals surface area contributed by atoms with Crippen LogP contribution in [0.5, 0.6) is 0 Å². The fourth-order valence-corrected chi connectivity index (χ4v) is 0. The van der Waals surface area contributed by atoms with Gasteiger partial charge in [-0.25, -0.2) is 0 Å². The number of hydrogen-bond donors (Lipinski definition) is 0. The maximum absolute atomic E-state index is 2.19. The fraction of sp³-hybridized carbons (Fsp3) is 1.00. The van der Waals surface area contributed by atoms with E-state index >= 15 is 0 Å². The van der Waals surface area contributed by atoms with Gasteiger partial charge in [0.2, 0.25) is 0 Å². The minimum Gasteiger partial charge on any atom is -0.0776 e. The maximum Gasteiger partial charge on any atom is -0.0411 e. The summed E-state index contributed by atoms with van der Waals surface area (Å²) in [5.74, 6) is 0. The van der Waals surface area contributed by atoms with Crippen LogP contribution in [-0.4, -0.2) is 0 Å². The molecule has 0 spiro atoms. The van der Waals surface area contributed by atoms with Crippen molar-refractivity contribution < 1.29 is 0 Å². The third-order valence-electron chi connectivity index (χ3n) is 0. The molecule has 0 bridgehead atoms. The van der Waals surface area contributed by atoms with E-state index in [-0.39, 0.29) is 149 Å². The molecule has 0 aliphatic rings. The van der Waals surface area contributed by atoms with Crippen molar-refractivity contribution in [3.8, 4) is 0 Å². The first kappa shape index (κ1) is 319. The van der Waals surface area contributed by atoms with Gasteiger partial charge in [0.05, 0.1) is 0 Å². The first-order valence-corrected chi connectivity index (χ1v) is 36.2. The lowest BCUT2D eigenvalue weighted by atomic mass is 10.0. The Balaban J connectivity index is -0.00000000792. The van der Waals surface area contributed by atoms with E-state index in [9.17, 15) is 0 Å². The Labute approximate surface area is 702 Å². The predicted octanol–water partition coefficient (Wildman–Crippen LogP) is 49.8. The quantitative estimate of drug-likeness (QED) is 0.227. The van der Waals surface area contributed by atoms with Gasteiger partial charge in [-0.3, -0.25) is 0 Å². The van der Waals surface area contributed by atoms with Crippen molar-refractivity contribution in [2.24, 2.45) is 54.1 Å². The molecule has 0 saturated carbocycles. The molecular weight excluding hydrogens is 1240 g/mol. The Morgan fingerprint density at radius 2 is 0.0874 bits per heavy atom. The molecule has 0 rings (SSSR count). The average Bonchev–Trinajstić information content (AvgIpc) is 3.24. The standard InChI is InChI=1S/10C5H12.3C3H8.12C2H6.20CH4/c10*1-5(2,3)4;3*1-3-2;12*1-2;;;;;;;;;;;;;;;;;;;;/h10*1-4H3;3*3H2,1-2H3;12*1-2H3;20*1H4. The molecule has 0 heterocycles. The van der Waals surface area contributed by atoms with Gasteiger partial charge in [0.15, 0.2) is 0 Å². The smallest absolute Gasteiger partial charge is 0.0411 e. The lowest BCUT2D eigenvalue weighted by molar-refractivity contribution is 0.469. The van der Waals surface area contributed by atoms with Crippen LogP contribution in [0.3, 0.4) is 0 Å². The normalized spacial score (nSPS) is 7.05. The van der Waals surface area contributed by atoms with Crippen LogP contribution in [0.1, 0.15) is 652 Å². The molecule has 0 heteroatoms. The summed E-state index contributed by atoms with van der Waals surface area (Å²) in [6.07, 6.45) is 3.75. The zero-order valence-electron chi connectivity index (χ0n) is 77.1. The van der Waals surface area contributed by atoms with Crippen molar-refractivity contribution in [3.63, 3.8) is 0 Å². The zero-order valence-corrected chi connectivity index (χ0v) is 77.1. The Kier molecular flexibility index (Phi) is 811. The lowest BCUT2D eigenvalue weighted by Gasteiger charge is -2.05. The second kappa shape index (κ2) is 262. The van der Waals surface area contributed by atoms with E-state index in [1.807, 2.05) is 166 Å². The highest BCUT2D eigenvalue weighted by Crippen LogP contribution is 2.12. The Bertz CT molecular complexity index is 394. The zero-order chi connectivity index (χ0) is 77.1. The fourth-order valence-electron chi connectivity index (χ4n) is 0. The van der Waals surface area contributed by atoms with Crippen LogP contribution in [-0.2, 0) is 0 Å². The summed E-state index contributed by atoms with van der Waals surface area (Å²) in [7, 11) is 0. The molecule has 0 aromatic carbocycles. The Hall–Kier alpha value is 0. The minimum atomic E-state index is 0. The van der Waals surface area contributed by atoms with E-state index in [2.05, 4.69) is 318 Å². The minimum absolute atomic E-state index is 0. The van der Waals surface area contributed by atoms with E-state index < -0.39 is 0 Å². The molecule has 708 valence electrons. The SMILES string of the molecule is C.C.C.C.C.C.C.C.C.C.C.C.C.C.C.C.C.C.C.C.CC.CC.CC.CC.CC.CC.CC.CC.CC.CC.CC.CC.CC(C)(C)C.CC(C)(C)C.CC(C)(C)C.CC(C)(C)C.CC(C)(C)C.CC(C)(C)C.CC(C)(C)C.CC(C)(C)C.CC(C)(C)C.CC(C)(C)C.CCC.CCC.CCC. The summed E-state index contributed by atoms with van der Waals surface area (Å²) in [4.78, 5) is 0. The Morgan fingerprint density at radius 1 is 0.0874 bits per heavy atom. The summed E-state index contributed by atoms with van der Waals surface area (Å²) in [5.41, 5.74) is 5.00. The molecule has 0 atom stereocenters. The van der Waals surface area contributed by atoms with E-state index in [0.717, 1.165) is 0 Å². The van der Waals surface area contributed by atoms with Gasteiger partial charge < -0.3 is 0 Å². The number of hydrogen-bond acceptors (Lipinski definition) is 0. The van der Waals surface area contributed by atoms with Gasteiger partial charge in [0.25, 0.3) is 0 Å². The van der Waals surface area contributed by atoms with Crippen LogP contribution < -0.4 is 0 Å². The monoisotopic (exact) mass is 1530 g/mol. The van der Waals surface area contributed by atoms with Crippen molar-refractivity contribution >= 4 is 0 Å². The molecule has 0 N–H and O–H groups in total. The van der Waals surface area contributed by atoms with E-state index in [4.69, 9.17) is 0 Å². The van der Waals surface area contributed by atoms with Gasteiger partial charge in [-0.15, -0.1) is 0 Å². The van der Waals surface area contributed by atoms with Gasteiger partial charge in [-0.1, -0.05) is 652 Å². The van der Waals surface area contributed by atoms with Crippen LogP contribution in [0.4, 0.5) is 0 Å². The summed E-state index contributed by atoms with van der Waals surface area (Å²) < 4.78 is 0. The third kappa shape index (κ3) is 0. The predicted molar refractivity (Wildman–Crippen MR) is 570 cm³/mol. The van der Waals surface area contributed by atoms with E-state index in [1.165, 1.54) is 19.3 Å². The van der Waals surface area contributed by atoms with Crippen LogP contribution in [0.15, 0.2) is 0 Å². The van der Waals surface area contributed by atoms with Crippen molar-refractivity contribution in [1.82, 2.24) is 0 Å². The van der Waals surface area contributed by atoms with Crippen molar-refractivity contribution in [1.29, 1.82) is 0 Å². The largest absolute Gasteiger partial charge is 0.0776 e. The summed E-state index contributed by atoms with van der Waals surface area (Å²) in [5, 5.41) is 0. The first-order chi connectivity index (χ1) is 36.2. The number of rotatable bonds is 0. The molecule has 0 saturated heterocycles. The summed E-state index contributed by atoms with van der Waals surface area (Å²) >= 11 is 0. The molecule has 0 aromatic heterocycles. The van der Waals surface area contributed by atoms with Gasteiger partial charge in [-0.05, 0) is 54.1 Å². The van der Waals surface area contributed by atoms with Crippen molar-refractivity contribution in [3.05, 3.63) is 0 Å². The highest BCUT2D eigenvalue weighted by Gasteiger charge is 1.99. The highest BCUT2D eigenvalue weighted by molar-refractivity contribution is 4.51. The molecule has 103 heavy (non-hydrogen) atoms. The topological polar surface area (TPSA) is 0 Å². The lowest BCUT2D eigenvalue weighted by Crippen LogP contribution is -1.93. The first-order valence-electron chi connectivity index (χ1n) is 36.2. The summed E-state index contributed by atoms with van der Waals surface area (Å²) in [6, 6.07) is 0. The molecule has 0 aliphatic carbocycles. The molecular formula is C103H296. The molecule has 0 radical (unpaired) electrons. The van der Waals surface area contributed by atoms with Crippen LogP contribution in [0, 0.1) is 54.1 Å². The van der Waals surface area contributed by atoms with Gasteiger partial charge in [0, 0.05) is 0 Å². The highest BCUT2D eigenvalue weighted by atomic mass is 14.1.